The Balaban J connectivity index is 3.31. The predicted octanol–water partition coefficient (Wildman–Crippen LogP) is 1.37. The largest absolute Gasteiger partial charge is 0.504 e. The van der Waals surface area contributed by atoms with Crippen LogP contribution in [0.5, 0.6) is 5.75 Å². The third-order valence-electron chi connectivity index (χ3n) is 1.97. The van der Waals surface area contributed by atoms with Gasteiger partial charge in [-0.05, 0) is 24.6 Å². The number of esters is 1. The molecule has 0 aromatic heterocycles. The highest BCUT2D eigenvalue weighted by molar-refractivity contribution is 5.92. The minimum atomic E-state index is -0.964. The van der Waals surface area contributed by atoms with Crippen LogP contribution in [-0.4, -0.2) is 23.3 Å². The standard InChI is InChI=1S/C10H11FO4/c1-5(12)6-3-7(10(14)15-2)9(13)8(11)4-6/h3-5,12-13H,1-2H3. The molecule has 1 aromatic rings. The maximum Gasteiger partial charge on any atom is 0.341 e. The number of carbonyl (C=O) groups is 1. The second kappa shape index (κ2) is 4.27. The zero-order valence-electron chi connectivity index (χ0n) is 8.32. The number of rotatable bonds is 2. The first-order valence-electron chi connectivity index (χ1n) is 4.26. The van der Waals surface area contributed by atoms with Gasteiger partial charge in [0, 0.05) is 0 Å². The molecule has 15 heavy (non-hydrogen) atoms. The second-order valence-corrected chi connectivity index (χ2v) is 3.07. The fraction of sp³-hybridized carbons (Fsp3) is 0.300. The van der Waals surface area contributed by atoms with E-state index in [0.717, 1.165) is 13.2 Å². The molecule has 0 aliphatic rings. The number of benzene rings is 1. The average Bonchev–Trinajstić information content (AvgIpc) is 2.20. The van der Waals surface area contributed by atoms with Gasteiger partial charge in [-0.15, -0.1) is 0 Å². The number of hydrogen-bond acceptors (Lipinski definition) is 4. The molecular formula is C10H11FO4. The number of aliphatic hydroxyl groups is 1. The molecule has 4 nitrogen and oxygen atoms in total. The van der Waals surface area contributed by atoms with Gasteiger partial charge < -0.3 is 14.9 Å². The average molecular weight is 214 g/mol. The summed E-state index contributed by atoms with van der Waals surface area (Å²) in [5.41, 5.74) is -0.0981. The first kappa shape index (κ1) is 11.5. The predicted molar refractivity (Wildman–Crippen MR) is 50.0 cm³/mol. The van der Waals surface area contributed by atoms with Gasteiger partial charge in [0.15, 0.2) is 11.6 Å². The van der Waals surface area contributed by atoms with Crippen LogP contribution in [0.3, 0.4) is 0 Å². The number of aromatic hydroxyl groups is 1. The molecule has 0 bridgehead atoms. The topological polar surface area (TPSA) is 66.8 Å². The van der Waals surface area contributed by atoms with Crippen LogP contribution in [0.1, 0.15) is 28.9 Å². The SMILES string of the molecule is COC(=O)c1cc(C(C)O)cc(F)c1O. The Hall–Kier alpha value is -1.62. The number of phenolic OH excluding ortho intramolecular Hbond substituents is 1. The maximum atomic E-state index is 13.1. The van der Waals surface area contributed by atoms with Crippen molar-refractivity contribution in [3.8, 4) is 5.75 Å². The summed E-state index contributed by atoms with van der Waals surface area (Å²) in [5.74, 6) is -2.59. The Bertz CT molecular complexity index is 387. The molecule has 82 valence electrons. The normalized spacial score (nSPS) is 12.3. The van der Waals surface area contributed by atoms with E-state index in [2.05, 4.69) is 4.74 Å². The summed E-state index contributed by atoms with van der Waals surface area (Å²) in [6.07, 6.45) is -0.927. The van der Waals surface area contributed by atoms with E-state index in [4.69, 9.17) is 0 Å². The molecule has 0 saturated heterocycles. The smallest absolute Gasteiger partial charge is 0.341 e. The van der Waals surface area contributed by atoms with Crippen molar-refractivity contribution in [2.45, 2.75) is 13.0 Å². The Labute approximate surface area is 85.9 Å². The summed E-state index contributed by atoms with van der Waals surface area (Å²) < 4.78 is 17.5. The maximum absolute atomic E-state index is 13.1. The molecule has 0 amide bonds. The Morgan fingerprint density at radius 3 is 2.60 bits per heavy atom. The molecule has 0 radical (unpaired) electrons. The van der Waals surface area contributed by atoms with Crippen molar-refractivity contribution in [3.05, 3.63) is 29.1 Å². The quantitative estimate of drug-likeness (QED) is 0.729. The van der Waals surface area contributed by atoms with Crippen LogP contribution in [0.2, 0.25) is 0 Å². The summed E-state index contributed by atoms with van der Waals surface area (Å²) in [4.78, 5) is 11.1. The number of methoxy groups -OCH3 is 1. The first-order chi connectivity index (χ1) is 6.97. The summed E-state index contributed by atoms with van der Waals surface area (Å²) in [6.45, 7) is 1.42. The molecule has 5 heteroatoms. The first-order valence-corrected chi connectivity index (χ1v) is 4.26. The van der Waals surface area contributed by atoms with Gasteiger partial charge >= 0.3 is 5.97 Å². The Morgan fingerprint density at radius 1 is 1.53 bits per heavy atom. The molecule has 2 N–H and O–H groups in total. The Kier molecular flexibility index (Phi) is 3.26. The van der Waals surface area contributed by atoms with Crippen molar-refractivity contribution in [1.29, 1.82) is 0 Å². The molecular weight excluding hydrogens is 203 g/mol. The molecule has 0 heterocycles. The highest BCUT2D eigenvalue weighted by atomic mass is 19.1. The molecule has 0 saturated carbocycles. The Morgan fingerprint density at radius 2 is 2.13 bits per heavy atom. The highest BCUT2D eigenvalue weighted by Crippen LogP contribution is 2.26. The van der Waals surface area contributed by atoms with Crippen molar-refractivity contribution in [2.24, 2.45) is 0 Å². The van der Waals surface area contributed by atoms with Gasteiger partial charge in [-0.1, -0.05) is 0 Å². The van der Waals surface area contributed by atoms with Gasteiger partial charge in [-0.2, -0.15) is 0 Å². The molecule has 1 aromatic carbocycles. The van der Waals surface area contributed by atoms with Crippen molar-refractivity contribution < 1.29 is 24.1 Å². The van der Waals surface area contributed by atoms with Crippen molar-refractivity contribution in [2.75, 3.05) is 7.11 Å². The number of carbonyl (C=O) groups excluding carboxylic acids is 1. The molecule has 1 unspecified atom stereocenters. The third-order valence-corrected chi connectivity index (χ3v) is 1.97. The fourth-order valence-corrected chi connectivity index (χ4v) is 1.13. The van der Waals surface area contributed by atoms with Gasteiger partial charge in [-0.3, -0.25) is 0 Å². The van der Waals surface area contributed by atoms with E-state index >= 15 is 0 Å². The second-order valence-electron chi connectivity index (χ2n) is 3.07. The lowest BCUT2D eigenvalue weighted by Crippen LogP contribution is -2.05. The lowest BCUT2D eigenvalue weighted by Gasteiger charge is -2.09. The minimum absolute atomic E-state index is 0.200. The number of ether oxygens (including phenoxy) is 1. The van der Waals surface area contributed by atoms with Crippen LogP contribution < -0.4 is 0 Å². The fourth-order valence-electron chi connectivity index (χ4n) is 1.13. The monoisotopic (exact) mass is 214 g/mol. The van der Waals surface area contributed by atoms with Gasteiger partial charge in [0.05, 0.1) is 13.2 Å². The molecule has 1 atom stereocenters. The minimum Gasteiger partial charge on any atom is -0.504 e. The zero-order valence-corrected chi connectivity index (χ0v) is 8.32. The van der Waals surface area contributed by atoms with E-state index in [1.807, 2.05) is 0 Å². The van der Waals surface area contributed by atoms with E-state index < -0.39 is 23.6 Å². The van der Waals surface area contributed by atoms with E-state index in [0.29, 0.717) is 0 Å². The van der Waals surface area contributed by atoms with E-state index in [1.165, 1.54) is 13.0 Å². The zero-order chi connectivity index (χ0) is 11.6. The molecule has 0 spiro atoms. The summed E-state index contributed by atoms with van der Waals surface area (Å²) >= 11 is 0. The van der Waals surface area contributed by atoms with Crippen LogP contribution in [-0.2, 0) is 4.74 Å². The van der Waals surface area contributed by atoms with Crippen LogP contribution in [0.4, 0.5) is 4.39 Å². The van der Waals surface area contributed by atoms with Gasteiger partial charge in [-0.25, -0.2) is 9.18 Å². The van der Waals surface area contributed by atoms with E-state index in [1.54, 1.807) is 0 Å². The number of halogens is 1. The molecule has 0 aliphatic carbocycles. The van der Waals surface area contributed by atoms with E-state index in [9.17, 15) is 19.4 Å². The van der Waals surface area contributed by atoms with Gasteiger partial charge in [0.2, 0.25) is 0 Å². The lowest BCUT2D eigenvalue weighted by molar-refractivity contribution is 0.0596. The molecule has 1 rings (SSSR count). The van der Waals surface area contributed by atoms with Gasteiger partial charge in [0.1, 0.15) is 5.56 Å². The highest BCUT2D eigenvalue weighted by Gasteiger charge is 2.18. The van der Waals surface area contributed by atoms with Crippen LogP contribution in [0.15, 0.2) is 12.1 Å². The van der Waals surface area contributed by atoms with Crippen molar-refractivity contribution in [3.63, 3.8) is 0 Å². The number of aliphatic hydroxyl groups excluding tert-OH is 1. The molecule has 0 fully saturated rings. The summed E-state index contributed by atoms with van der Waals surface area (Å²) in [7, 11) is 1.12. The molecule has 0 aliphatic heterocycles. The van der Waals surface area contributed by atoms with E-state index in [-0.39, 0.29) is 11.1 Å². The van der Waals surface area contributed by atoms with Crippen molar-refractivity contribution in [1.82, 2.24) is 0 Å². The van der Waals surface area contributed by atoms with Crippen molar-refractivity contribution >= 4 is 5.97 Å². The summed E-state index contributed by atoms with van der Waals surface area (Å²) in [5, 5.41) is 18.5. The lowest BCUT2D eigenvalue weighted by atomic mass is 10.1. The van der Waals surface area contributed by atoms with Crippen LogP contribution in [0, 0.1) is 5.82 Å². The summed E-state index contributed by atoms with van der Waals surface area (Å²) in [6, 6.07) is 2.15. The third kappa shape index (κ3) is 2.24. The number of phenols is 1. The van der Waals surface area contributed by atoms with Crippen LogP contribution >= 0.6 is 0 Å². The van der Waals surface area contributed by atoms with Crippen LogP contribution in [0.25, 0.3) is 0 Å². The number of hydrogen-bond donors (Lipinski definition) is 2. The van der Waals surface area contributed by atoms with Gasteiger partial charge in [0.25, 0.3) is 0 Å².